The summed E-state index contributed by atoms with van der Waals surface area (Å²) in [6.45, 7) is 9.32. The second-order valence-electron chi connectivity index (χ2n) is 6.80. The molecule has 0 amide bonds. The number of aryl methyl sites for hydroxylation is 2. The average Bonchev–Trinajstić information content (AvgIpc) is 2.84. The Morgan fingerprint density at radius 3 is 2.50 bits per heavy atom. The monoisotopic (exact) mass is 306 g/mol. The van der Waals surface area contributed by atoms with E-state index in [0.29, 0.717) is 18.4 Å². The smallest absolute Gasteiger partial charge is 0.0558 e. The van der Waals surface area contributed by atoms with Crippen LogP contribution in [-0.2, 0) is 6.54 Å². The maximum atomic E-state index is 9.65. The summed E-state index contributed by atoms with van der Waals surface area (Å²) in [6, 6.07) is 6.67. The minimum atomic E-state index is 0.194. The number of hydrogen-bond acceptors (Lipinski definition) is 4. The summed E-state index contributed by atoms with van der Waals surface area (Å²) in [5, 5.41) is 18.7. The van der Waals surface area contributed by atoms with Crippen LogP contribution < -0.4 is 0 Å². The van der Waals surface area contributed by atoms with Gasteiger partial charge in [-0.3, -0.25) is 4.90 Å². The molecule has 0 unspecified atom stereocenters. The predicted octanol–water partition coefficient (Wildman–Crippen LogP) is 1.27. The zero-order chi connectivity index (χ0) is 16.1. The Labute approximate surface area is 134 Å². The predicted molar refractivity (Wildman–Crippen MR) is 89.8 cm³/mol. The molecule has 1 aromatic rings. The second-order valence-corrected chi connectivity index (χ2v) is 6.80. The summed E-state index contributed by atoms with van der Waals surface area (Å²) in [5.41, 5.74) is 4.03. The van der Waals surface area contributed by atoms with Crippen molar-refractivity contribution in [2.45, 2.75) is 20.4 Å². The SMILES string of the molecule is Cc1ccc(CN2C[C@@H](CN(C)CCO)[C@@H](CO)C2)cc1C. The summed E-state index contributed by atoms with van der Waals surface area (Å²) in [6.07, 6.45) is 0. The van der Waals surface area contributed by atoms with Gasteiger partial charge in [-0.2, -0.15) is 0 Å². The molecule has 2 atom stereocenters. The van der Waals surface area contributed by atoms with Gasteiger partial charge in [0, 0.05) is 39.3 Å². The molecule has 2 N–H and O–H groups in total. The van der Waals surface area contributed by atoms with Gasteiger partial charge in [0.15, 0.2) is 0 Å². The zero-order valence-corrected chi connectivity index (χ0v) is 14.1. The number of aliphatic hydroxyl groups is 2. The molecular formula is C18H30N2O2. The van der Waals surface area contributed by atoms with Crippen molar-refractivity contribution in [3.05, 3.63) is 34.9 Å². The molecule has 4 nitrogen and oxygen atoms in total. The zero-order valence-electron chi connectivity index (χ0n) is 14.1. The Morgan fingerprint density at radius 2 is 1.86 bits per heavy atom. The lowest BCUT2D eigenvalue weighted by molar-refractivity contribution is 0.160. The van der Waals surface area contributed by atoms with Crippen LogP contribution in [0.5, 0.6) is 0 Å². The molecule has 1 aliphatic heterocycles. The van der Waals surface area contributed by atoms with Crippen LogP contribution in [0.4, 0.5) is 0 Å². The molecule has 2 rings (SSSR count). The lowest BCUT2D eigenvalue weighted by Crippen LogP contribution is -2.32. The van der Waals surface area contributed by atoms with Gasteiger partial charge in [0.05, 0.1) is 6.61 Å². The van der Waals surface area contributed by atoms with E-state index in [0.717, 1.165) is 26.2 Å². The highest BCUT2D eigenvalue weighted by atomic mass is 16.3. The Hall–Kier alpha value is -0.940. The first-order valence-electron chi connectivity index (χ1n) is 8.22. The maximum Gasteiger partial charge on any atom is 0.0558 e. The largest absolute Gasteiger partial charge is 0.396 e. The van der Waals surface area contributed by atoms with Gasteiger partial charge in [-0.05, 0) is 49.4 Å². The fourth-order valence-corrected chi connectivity index (χ4v) is 3.40. The van der Waals surface area contributed by atoms with Crippen LogP contribution in [0.2, 0.25) is 0 Å². The Balaban J connectivity index is 1.94. The first-order chi connectivity index (χ1) is 10.5. The van der Waals surface area contributed by atoms with Crippen molar-refractivity contribution < 1.29 is 10.2 Å². The van der Waals surface area contributed by atoms with E-state index in [4.69, 9.17) is 5.11 Å². The minimum absolute atomic E-state index is 0.194. The highest BCUT2D eigenvalue weighted by Crippen LogP contribution is 2.25. The fourth-order valence-electron chi connectivity index (χ4n) is 3.40. The lowest BCUT2D eigenvalue weighted by Gasteiger charge is -2.23. The van der Waals surface area contributed by atoms with Crippen molar-refractivity contribution >= 4 is 0 Å². The number of likely N-dealkylation sites (N-methyl/N-ethyl adjacent to an activating group) is 1. The molecule has 1 aliphatic rings. The normalized spacial score (nSPS) is 22.6. The first-order valence-corrected chi connectivity index (χ1v) is 8.22. The van der Waals surface area contributed by atoms with Crippen molar-refractivity contribution in [3.8, 4) is 0 Å². The van der Waals surface area contributed by atoms with Crippen molar-refractivity contribution in [1.29, 1.82) is 0 Å². The Bertz CT molecular complexity index is 478. The average molecular weight is 306 g/mol. The van der Waals surface area contributed by atoms with Gasteiger partial charge in [0.1, 0.15) is 0 Å². The van der Waals surface area contributed by atoms with Crippen molar-refractivity contribution in [3.63, 3.8) is 0 Å². The highest BCUT2D eigenvalue weighted by Gasteiger charge is 2.32. The Morgan fingerprint density at radius 1 is 1.14 bits per heavy atom. The van der Waals surface area contributed by atoms with E-state index in [1.54, 1.807) is 0 Å². The van der Waals surface area contributed by atoms with Gasteiger partial charge in [-0.15, -0.1) is 0 Å². The van der Waals surface area contributed by atoms with Gasteiger partial charge >= 0.3 is 0 Å². The highest BCUT2D eigenvalue weighted by molar-refractivity contribution is 5.29. The van der Waals surface area contributed by atoms with E-state index in [1.807, 2.05) is 7.05 Å². The van der Waals surface area contributed by atoms with Crippen LogP contribution in [0, 0.1) is 25.7 Å². The van der Waals surface area contributed by atoms with Gasteiger partial charge in [-0.1, -0.05) is 18.2 Å². The number of likely N-dealkylation sites (tertiary alicyclic amines) is 1. The number of hydrogen-bond donors (Lipinski definition) is 2. The van der Waals surface area contributed by atoms with E-state index in [1.165, 1.54) is 16.7 Å². The lowest BCUT2D eigenvalue weighted by atomic mass is 9.96. The summed E-state index contributed by atoms with van der Waals surface area (Å²) in [4.78, 5) is 4.61. The molecule has 0 aromatic heterocycles. The van der Waals surface area contributed by atoms with E-state index in [2.05, 4.69) is 41.8 Å². The standard InChI is InChI=1S/C18H30N2O2/c1-14-4-5-16(8-15(14)2)9-20-11-17(18(12-20)13-22)10-19(3)6-7-21/h4-5,8,17-18,21-22H,6-7,9-13H2,1-3H3/t17-,18-/m1/s1. The third-order valence-electron chi connectivity index (χ3n) is 4.89. The number of benzene rings is 1. The van der Waals surface area contributed by atoms with Crippen LogP contribution in [0.15, 0.2) is 18.2 Å². The van der Waals surface area contributed by atoms with E-state index >= 15 is 0 Å². The topological polar surface area (TPSA) is 46.9 Å². The third-order valence-corrected chi connectivity index (χ3v) is 4.89. The van der Waals surface area contributed by atoms with E-state index in [-0.39, 0.29) is 13.2 Å². The van der Waals surface area contributed by atoms with Gasteiger partial charge in [0.2, 0.25) is 0 Å². The first kappa shape index (κ1) is 17.4. The molecule has 1 fully saturated rings. The molecule has 1 saturated heterocycles. The molecule has 22 heavy (non-hydrogen) atoms. The summed E-state index contributed by atoms with van der Waals surface area (Å²) in [5.74, 6) is 0.820. The second kappa shape index (κ2) is 8.06. The van der Waals surface area contributed by atoms with Crippen molar-refractivity contribution in [1.82, 2.24) is 9.80 Å². The number of nitrogens with zero attached hydrogens (tertiary/aromatic N) is 2. The molecule has 0 aliphatic carbocycles. The van der Waals surface area contributed by atoms with Gasteiger partial charge in [0.25, 0.3) is 0 Å². The molecule has 1 aromatic carbocycles. The molecule has 4 heteroatoms. The Kier molecular flexibility index (Phi) is 6.38. The number of rotatable bonds is 7. The molecule has 1 heterocycles. The van der Waals surface area contributed by atoms with Gasteiger partial charge in [-0.25, -0.2) is 0 Å². The molecule has 124 valence electrons. The third kappa shape index (κ3) is 4.53. The summed E-state index contributed by atoms with van der Waals surface area (Å²) >= 11 is 0. The van der Waals surface area contributed by atoms with Crippen LogP contribution in [0.25, 0.3) is 0 Å². The number of aliphatic hydroxyl groups excluding tert-OH is 2. The molecule has 0 saturated carbocycles. The van der Waals surface area contributed by atoms with E-state index < -0.39 is 0 Å². The molecule has 0 bridgehead atoms. The van der Waals surface area contributed by atoms with Gasteiger partial charge < -0.3 is 15.1 Å². The minimum Gasteiger partial charge on any atom is -0.396 e. The van der Waals surface area contributed by atoms with Crippen LogP contribution in [0.3, 0.4) is 0 Å². The molecule has 0 spiro atoms. The maximum absolute atomic E-state index is 9.65. The molecule has 0 radical (unpaired) electrons. The summed E-state index contributed by atoms with van der Waals surface area (Å²) < 4.78 is 0. The van der Waals surface area contributed by atoms with E-state index in [9.17, 15) is 5.11 Å². The van der Waals surface area contributed by atoms with Crippen molar-refractivity contribution in [2.24, 2.45) is 11.8 Å². The van der Waals surface area contributed by atoms with Crippen LogP contribution in [0.1, 0.15) is 16.7 Å². The molecular weight excluding hydrogens is 276 g/mol. The van der Waals surface area contributed by atoms with Crippen LogP contribution >= 0.6 is 0 Å². The van der Waals surface area contributed by atoms with Crippen LogP contribution in [-0.4, -0.2) is 66.5 Å². The quantitative estimate of drug-likeness (QED) is 0.796. The fraction of sp³-hybridized carbons (Fsp3) is 0.667. The van der Waals surface area contributed by atoms with Crippen molar-refractivity contribution in [2.75, 3.05) is 46.4 Å². The summed E-state index contributed by atoms with van der Waals surface area (Å²) in [7, 11) is 2.04.